The third-order valence-electron chi connectivity index (χ3n) is 1.82. The minimum absolute atomic E-state index is 0.128. The van der Waals surface area contributed by atoms with Crippen LogP contribution in [0.2, 0.25) is 0 Å². The summed E-state index contributed by atoms with van der Waals surface area (Å²) in [6.45, 7) is 1.87. The van der Waals surface area contributed by atoms with Gasteiger partial charge in [-0.3, -0.25) is 0 Å². The van der Waals surface area contributed by atoms with Crippen LogP contribution in [0.25, 0.3) is 0 Å². The van der Waals surface area contributed by atoms with Crippen molar-refractivity contribution < 1.29 is 4.74 Å². The van der Waals surface area contributed by atoms with E-state index in [0.29, 0.717) is 17.3 Å². The van der Waals surface area contributed by atoms with Gasteiger partial charge in [0.25, 0.3) is 0 Å². The summed E-state index contributed by atoms with van der Waals surface area (Å²) in [5.74, 6) is 1.04. The predicted molar refractivity (Wildman–Crippen MR) is 56.1 cm³/mol. The summed E-state index contributed by atoms with van der Waals surface area (Å²) in [5, 5.41) is 5.96. The molecule has 0 saturated heterocycles. The second kappa shape index (κ2) is 4.61. The first-order valence-corrected chi connectivity index (χ1v) is 4.26. The Bertz CT molecular complexity index is 304. The van der Waals surface area contributed by atoms with Crippen molar-refractivity contribution in [2.45, 2.75) is 13.2 Å². The summed E-state index contributed by atoms with van der Waals surface area (Å²) in [6, 6.07) is 0. The molecule has 0 aliphatic carbocycles. The molecule has 1 aromatic heterocycles. The number of nitrogen functional groups attached to an aromatic ring is 1. The molecule has 0 aliphatic heterocycles. The Hall–Kier alpha value is -1.56. The van der Waals surface area contributed by atoms with Crippen LogP contribution in [0.15, 0.2) is 6.33 Å². The first-order valence-electron chi connectivity index (χ1n) is 4.26. The zero-order chi connectivity index (χ0) is 10.6. The van der Waals surface area contributed by atoms with E-state index in [2.05, 4.69) is 20.6 Å². The van der Waals surface area contributed by atoms with Crippen molar-refractivity contribution in [3.8, 4) is 0 Å². The molecule has 0 radical (unpaired) electrons. The number of methoxy groups -OCH3 is 1. The van der Waals surface area contributed by atoms with E-state index in [1.165, 1.54) is 6.33 Å². The number of rotatable bonds is 4. The van der Waals surface area contributed by atoms with Crippen LogP contribution in [0.1, 0.15) is 6.92 Å². The molecule has 1 heterocycles. The smallest absolute Gasteiger partial charge is 0.157 e. The summed E-state index contributed by atoms with van der Waals surface area (Å²) < 4.78 is 5.05. The lowest BCUT2D eigenvalue weighted by atomic mass is 10.4. The van der Waals surface area contributed by atoms with Gasteiger partial charge in [-0.2, -0.15) is 0 Å². The highest BCUT2D eigenvalue weighted by atomic mass is 16.5. The maximum absolute atomic E-state index is 5.65. The first kappa shape index (κ1) is 10.5. The van der Waals surface area contributed by atoms with Gasteiger partial charge in [-0.25, -0.2) is 9.97 Å². The number of nitrogens with two attached hydrogens (primary N) is 1. The average molecular weight is 197 g/mol. The van der Waals surface area contributed by atoms with Gasteiger partial charge in [0.15, 0.2) is 11.6 Å². The normalized spacial score (nSPS) is 12.2. The van der Waals surface area contributed by atoms with Gasteiger partial charge in [0.05, 0.1) is 0 Å². The van der Waals surface area contributed by atoms with Gasteiger partial charge >= 0.3 is 0 Å². The summed E-state index contributed by atoms with van der Waals surface area (Å²) in [6.07, 6.45) is 1.28. The van der Waals surface area contributed by atoms with Crippen LogP contribution >= 0.6 is 0 Å². The van der Waals surface area contributed by atoms with Crippen molar-refractivity contribution in [2.75, 3.05) is 30.5 Å². The maximum Gasteiger partial charge on any atom is 0.157 e. The molecule has 0 unspecified atom stereocenters. The first-order chi connectivity index (χ1) is 6.69. The molecule has 14 heavy (non-hydrogen) atoms. The molecule has 1 aromatic rings. The highest BCUT2D eigenvalue weighted by Gasteiger charge is 2.08. The fourth-order valence-corrected chi connectivity index (χ4v) is 1.01. The second-order valence-electron chi connectivity index (χ2n) is 2.75. The molecule has 0 fully saturated rings. The van der Waals surface area contributed by atoms with Crippen LogP contribution in [0.5, 0.6) is 0 Å². The van der Waals surface area contributed by atoms with Gasteiger partial charge in [0.2, 0.25) is 0 Å². The number of hydrogen-bond acceptors (Lipinski definition) is 6. The Morgan fingerprint density at radius 2 is 2.21 bits per heavy atom. The van der Waals surface area contributed by atoms with Crippen LogP contribution in [0.3, 0.4) is 0 Å². The summed E-state index contributed by atoms with van der Waals surface area (Å²) >= 11 is 0. The molecule has 0 bridgehead atoms. The van der Waals surface area contributed by atoms with Gasteiger partial charge in [-0.15, -0.1) is 0 Å². The fourth-order valence-electron chi connectivity index (χ4n) is 1.01. The number of ether oxygens (including phenoxy) is 1. The second-order valence-corrected chi connectivity index (χ2v) is 2.75. The topological polar surface area (TPSA) is 85.1 Å². The van der Waals surface area contributed by atoms with Crippen molar-refractivity contribution in [3.05, 3.63) is 6.33 Å². The van der Waals surface area contributed by atoms with Crippen LogP contribution in [0, 0.1) is 0 Å². The number of nitrogens with zero attached hydrogens (tertiary/aromatic N) is 2. The lowest BCUT2D eigenvalue weighted by Crippen LogP contribution is -2.19. The molecule has 0 saturated carbocycles. The van der Waals surface area contributed by atoms with Gasteiger partial charge in [-0.1, -0.05) is 0 Å². The van der Waals surface area contributed by atoms with Crippen LogP contribution in [0.4, 0.5) is 17.3 Å². The molecule has 0 spiro atoms. The zero-order valence-electron chi connectivity index (χ0n) is 8.53. The Kier molecular flexibility index (Phi) is 3.47. The molecular formula is C8H15N5O. The van der Waals surface area contributed by atoms with Crippen molar-refractivity contribution in [2.24, 2.45) is 0 Å². The minimum atomic E-state index is -0.128. The Morgan fingerprint density at radius 1 is 1.50 bits per heavy atom. The van der Waals surface area contributed by atoms with Crippen LogP contribution in [-0.2, 0) is 4.74 Å². The van der Waals surface area contributed by atoms with E-state index in [0.717, 1.165) is 0 Å². The van der Waals surface area contributed by atoms with Crippen molar-refractivity contribution in [1.82, 2.24) is 9.97 Å². The lowest BCUT2D eigenvalue weighted by molar-refractivity contribution is 0.141. The van der Waals surface area contributed by atoms with E-state index in [9.17, 15) is 0 Å². The monoisotopic (exact) mass is 197 g/mol. The Morgan fingerprint density at radius 3 is 2.79 bits per heavy atom. The molecule has 0 aliphatic rings. The van der Waals surface area contributed by atoms with Crippen molar-refractivity contribution >= 4 is 17.3 Å². The lowest BCUT2D eigenvalue weighted by Gasteiger charge is -2.15. The third-order valence-corrected chi connectivity index (χ3v) is 1.82. The van der Waals surface area contributed by atoms with E-state index < -0.39 is 0 Å². The molecule has 4 N–H and O–H groups in total. The van der Waals surface area contributed by atoms with Gasteiger partial charge in [0.1, 0.15) is 18.2 Å². The van der Waals surface area contributed by atoms with Crippen LogP contribution < -0.4 is 16.4 Å². The average Bonchev–Trinajstić information content (AvgIpc) is 2.18. The number of hydrogen-bond donors (Lipinski definition) is 3. The van der Waals surface area contributed by atoms with Crippen LogP contribution in [-0.4, -0.2) is 30.4 Å². The van der Waals surface area contributed by atoms with Gasteiger partial charge in [0, 0.05) is 14.2 Å². The molecular weight excluding hydrogens is 182 g/mol. The summed E-state index contributed by atoms with van der Waals surface area (Å²) in [4.78, 5) is 7.92. The maximum atomic E-state index is 5.65. The highest BCUT2D eigenvalue weighted by Crippen LogP contribution is 2.23. The van der Waals surface area contributed by atoms with E-state index in [4.69, 9.17) is 10.5 Å². The molecule has 1 atom stereocenters. The Balaban J connectivity index is 2.90. The van der Waals surface area contributed by atoms with E-state index in [1.54, 1.807) is 14.2 Å². The van der Waals surface area contributed by atoms with E-state index in [1.807, 2.05) is 6.92 Å². The number of nitrogens with one attached hydrogen (secondary N) is 2. The predicted octanol–water partition coefficient (Wildman–Crippen LogP) is 0.505. The zero-order valence-corrected chi connectivity index (χ0v) is 8.53. The minimum Gasteiger partial charge on any atom is -0.382 e. The van der Waals surface area contributed by atoms with Crippen molar-refractivity contribution in [1.29, 1.82) is 0 Å². The van der Waals surface area contributed by atoms with Gasteiger partial charge in [-0.05, 0) is 6.92 Å². The highest BCUT2D eigenvalue weighted by molar-refractivity contribution is 5.74. The number of aromatic nitrogens is 2. The molecule has 0 amide bonds. The third kappa shape index (κ3) is 2.23. The number of anilines is 3. The fraction of sp³-hybridized carbons (Fsp3) is 0.500. The van der Waals surface area contributed by atoms with E-state index in [-0.39, 0.29) is 6.23 Å². The standard InChI is InChI=1S/C8H15N5O/c1-5(14-3)13-8-6(10-2)7(9)11-4-12-8/h4-5,10H,1-3H3,(H3,9,11,12,13)/t5-/m1/s1. The molecule has 6 nitrogen and oxygen atoms in total. The van der Waals surface area contributed by atoms with Gasteiger partial charge < -0.3 is 21.1 Å². The van der Waals surface area contributed by atoms with Crippen molar-refractivity contribution in [3.63, 3.8) is 0 Å². The SMILES string of the molecule is CNc1c(N)ncnc1N[C@@H](C)OC. The largest absolute Gasteiger partial charge is 0.382 e. The van der Waals surface area contributed by atoms with E-state index >= 15 is 0 Å². The molecule has 1 rings (SSSR count). The quantitative estimate of drug-likeness (QED) is 0.610. The molecule has 78 valence electrons. The summed E-state index contributed by atoms with van der Waals surface area (Å²) in [5.41, 5.74) is 6.33. The molecule has 6 heteroatoms. The summed E-state index contributed by atoms with van der Waals surface area (Å²) in [7, 11) is 3.37. The Labute approximate surface area is 82.9 Å². The molecule has 0 aromatic carbocycles.